The number of rotatable bonds is 3. The molecule has 1 aliphatic rings. The summed E-state index contributed by atoms with van der Waals surface area (Å²) in [5.74, 6) is -1.12. The van der Waals surface area contributed by atoms with Gasteiger partial charge in [0.15, 0.2) is 23.9 Å². The smallest absolute Gasteiger partial charge is 0.335 e. The van der Waals surface area contributed by atoms with E-state index in [1.54, 1.807) is 12.3 Å². The molecule has 1 aliphatic heterocycles. The second-order valence-electron chi connectivity index (χ2n) is 3.82. The highest BCUT2D eigenvalue weighted by atomic mass is 16.5. The van der Waals surface area contributed by atoms with Crippen LogP contribution in [0.1, 0.15) is 16.6 Å². The highest BCUT2D eigenvalue weighted by Gasteiger charge is 2.42. The van der Waals surface area contributed by atoms with E-state index >= 15 is 0 Å². The topological polar surface area (TPSA) is 117 Å². The third kappa shape index (κ3) is 2.01. The minimum Gasteiger partial charge on any atom is -0.506 e. The number of hydrogen-bond acceptors (Lipinski definition) is 5. The molecule has 0 saturated heterocycles. The van der Waals surface area contributed by atoms with E-state index in [0.717, 1.165) is 0 Å². The van der Waals surface area contributed by atoms with Crippen LogP contribution in [0.2, 0.25) is 0 Å². The molecule has 2 atom stereocenters. The second kappa shape index (κ2) is 4.63. The number of aliphatic hydroxyl groups excluding tert-OH is 3. The number of ether oxygens (including phenoxy) is 1. The van der Waals surface area contributed by atoms with Crippen LogP contribution >= 0.6 is 0 Å². The first-order chi connectivity index (χ1) is 8.54. The quantitative estimate of drug-likeness (QED) is 0.501. The monoisotopic (exact) mass is 253 g/mol. The van der Waals surface area contributed by atoms with E-state index in [1.807, 2.05) is 0 Å². The Morgan fingerprint density at radius 2 is 2.28 bits per heavy atom. The summed E-state index contributed by atoms with van der Waals surface area (Å²) in [5.41, 5.74) is 5.38. The first kappa shape index (κ1) is 12.3. The van der Waals surface area contributed by atoms with Gasteiger partial charge in [-0.15, -0.1) is 0 Å². The minimum atomic E-state index is -1.31. The predicted octanol–water partition coefficient (Wildman–Crippen LogP) is -1.28. The Morgan fingerprint density at radius 3 is 2.83 bits per heavy atom. The second-order valence-corrected chi connectivity index (χ2v) is 3.82. The summed E-state index contributed by atoms with van der Waals surface area (Å²) >= 11 is 0. The van der Waals surface area contributed by atoms with E-state index in [1.165, 1.54) is 16.8 Å². The maximum atomic E-state index is 11.0. The summed E-state index contributed by atoms with van der Waals surface area (Å²) in [6, 6.07) is 3.07. The number of aliphatic hydroxyl groups is 3. The van der Waals surface area contributed by atoms with Crippen LogP contribution < -0.4 is 10.3 Å². The van der Waals surface area contributed by atoms with E-state index in [4.69, 9.17) is 15.6 Å². The van der Waals surface area contributed by atoms with Gasteiger partial charge in [0.1, 0.15) is 12.2 Å². The highest BCUT2D eigenvalue weighted by Crippen LogP contribution is 2.27. The summed E-state index contributed by atoms with van der Waals surface area (Å²) < 4.78 is 6.59. The number of hydrogen-bond donors (Lipinski definition) is 4. The maximum Gasteiger partial charge on any atom is 0.335 e. The van der Waals surface area contributed by atoms with Gasteiger partial charge in [0.2, 0.25) is 6.10 Å². The van der Waals surface area contributed by atoms with Gasteiger partial charge >= 0.3 is 6.23 Å². The average Bonchev–Trinajstić information content (AvgIpc) is 2.66. The van der Waals surface area contributed by atoms with Crippen LogP contribution in [0, 0.1) is 0 Å². The molecule has 96 valence electrons. The Balaban J connectivity index is 2.29. The van der Waals surface area contributed by atoms with E-state index in [0.29, 0.717) is 0 Å². The SMILES string of the molecule is NC(=O)c1ccc[n+]([C@@H]2OC(CO)=C(O)C2O)c1. The summed E-state index contributed by atoms with van der Waals surface area (Å²) in [6.07, 6.45) is 0.698. The fourth-order valence-electron chi connectivity index (χ4n) is 1.71. The van der Waals surface area contributed by atoms with Gasteiger partial charge in [0.25, 0.3) is 5.91 Å². The number of carbonyl (C=O) groups is 1. The Kier molecular flexibility index (Phi) is 3.17. The lowest BCUT2D eigenvalue weighted by atomic mass is 10.2. The van der Waals surface area contributed by atoms with Crippen LogP contribution in [0.15, 0.2) is 36.0 Å². The molecule has 0 aromatic carbocycles. The molecule has 0 aliphatic carbocycles. The van der Waals surface area contributed by atoms with Crippen LogP contribution in [0.5, 0.6) is 0 Å². The molecule has 1 unspecified atom stereocenters. The van der Waals surface area contributed by atoms with Gasteiger partial charge in [0, 0.05) is 6.07 Å². The average molecular weight is 253 g/mol. The van der Waals surface area contributed by atoms with Crippen molar-refractivity contribution in [1.82, 2.24) is 0 Å². The molecule has 7 nitrogen and oxygen atoms in total. The normalized spacial score (nSPS) is 23.0. The van der Waals surface area contributed by atoms with E-state index in [-0.39, 0.29) is 11.3 Å². The first-order valence-corrected chi connectivity index (χ1v) is 5.22. The third-order valence-corrected chi connectivity index (χ3v) is 2.64. The van der Waals surface area contributed by atoms with Gasteiger partial charge in [-0.1, -0.05) is 0 Å². The summed E-state index contributed by atoms with van der Waals surface area (Å²) in [5, 5.41) is 28.2. The first-order valence-electron chi connectivity index (χ1n) is 5.22. The van der Waals surface area contributed by atoms with Crippen LogP contribution in [0.25, 0.3) is 0 Å². The van der Waals surface area contributed by atoms with Gasteiger partial charge in [-0.2, -0.15) is 4.57 Å². The number of aromatic nitrogens is 1. The number of primary amides is 1. The molecule has 0 radical (unpaired) electrons. The molecule has 1 amide bonds. The summed E-state index contributed by atoms with van der Waals surface area (Å²) in [7, 11) is 0. The molecule has 5 N–H and O–H groups in total. The van der Waals surface area contributed by atoms with Crippen molar-refractivity contribution in [1.29, 1.82) is 0 Å². The Morgan fingerprint density at radius 1 is 1.56 bits per heavy atom. The molecule has 0 fully saturated rings. The molecule has 1 aromatic rings. The van der Waals surface area contributed by atoms with Crippen LogP contribution in [-0.2, 0) is 4.74 Å². The molecular formula is C11H13N2O5+. The van der Waals surface area contributed by atoms with E-state index in [9.17, 15) is 15.0 Å². The fraction of sp³-hybridized carbons (Fsp3) is 0.273. The zero-order valence-corrected chi connectivity index (χ0v) is 9.35. The third-order valence-electron chi connectivity index (χ3n) is 2.64. The Labute approximate surface area is 102 Å². The van der Waals surface area contributed by atoms with Crippen molar-refractivity contribution in [3.05, 3.63) is 41.6 Å². The molecule has 7 heteroatoms. The van der Waals surface area contributed by atoms with Gasteiger partial charge in [0.05, 0.1) is 0 Å². The molecular weight excluding hydrogens is 240 g/mol. The zero-order valence-electron chi connectivity index (χ0n) is 9.35. The van der Waals surface area contributed by atoms with Crippen molar-refractivity contribution in [2.75, 3.05) is 6.61 Å². The summed E-state index contributed by atoms with van der Waals surface area (Å²) in [6.45, 7) is -0.518. The van der Waals surface area contributed by atoms with Crippen molar-refractivity contribution in [2.45, 2.75) is 12.3 Å². The summed E-state index contributed by atoms with van der Waals surface area (Å²) in [4.78, 5) is 11.0. The highest BCUT2D eigenvalue weighted by molar-refractivity contribution is 5.92. The number of carbonyl (C=O) groups excluding carboxylic acids is 1. The number of amides is 1. The van der Waals surface area contributed by atoms with Crippen molar-refractivity contribution in [3.8, 4) is 0 Å². The van der Waals surface area contributed by atoms with Crippen molar-refractivity contribution in [2.24, 2.45) is 5.73 Å². The molecule has 0 bridgehead atoms. The lowest BCUT2D eigenvalue weighted by Gasteiger charge is -2.10. The van der Waals surface area contributed by atoms with E-state index < -0.39 is 30.6 Å². The van der Waals surface area contributed by atoms with Gasteiger partial charge in [-0.05, 0) is 6.07 Å². The van der Waals surface area contributed by atoms with Crippen LogP contribution in [-0.4, -0.2) is 33.9 Å². The maximum absolute atomic E-state index is 11.0. The molecule has 2 heterocycles. The van der Waals surface area contributed by atoms with Crippen molar-refractivity contribution < 1.29 is 29.4 Å². The fourth-order valence-corrected chi connectivity index (χ4v) is 1.71. The Hall–Kier alpha value is -2.12. The van der Waals surface area contributed by atoms with Crippen LogP contribution in [0.3, 0.4) is 0 Å². The van der Waals surface area contributed by atoms with Crippen molar-refractivity contribution >= 4 is 5.91 Å². The number of nitrogens with two attached hydrogens (primary N) is 1. The van der Waals surface area contributed by atoms with E-state index in [2.05, 4.69) is 0 Å². The molecule has 18 heavy (non-hydrogen) atoms. The standard InChI is InChI=1S/C11H12N2O5/c12-10(17)6-2-1-3-13(4-6)11-9(16)8(15)7(5-14)18-11/h1-4,9,11,14,16H,5H2,(H2-,12,15,17)/p+1/t9?,11-/m1/s1. The van der Waals surface area contributed by atoms with Gasteiger partial charge < -0.3 is 25.8 Å². The number of pyridine rings is 1. The lowest BCUT2D eigenvalue weighted by molar-refractivity contribution is -0.763. The minimum absolute atomic E-state index is 0.0931. The van der Waals surface area contributed by atoms with Crippen LogP contribution in [0.4, 0.5) is 0 Å². The van der Waals surface area contributed by atoms with Gasteiger partial charge in [-0.25, -0.2) is 0 Å². The van der Waals surface area contributed by atoms with Crippen molar-refractivity contribution in [3.63, 3.8) is 0 Å². The lowest BCUT2D eigenvalue weighted by Crippen LogP contribution is -2.45. The number of nitrogens with zero attached hydrogens (tertiary/aromatic N) is 1. The Bertz CT molecular complexity index is 514. The molecule has 2 rings (SSSR count). The predicted molar refractivity (Wildman–Crippen MR) is 58.0 cm³/mol. The zero-order chi connectivity index (χ0) is 13.3. The largest absolute Gasteiger partial charge is 0.506 e. The molecule has 0 saturated carbocycles. The molecule has 1 aromatic heterocycles. The molecule has 0 spiro atoms. The van der Waals surface area contributed by atoms with Gasteiger partial charge in [-0.3, -0.25) is 4.79 Å².